The second-order valence-electron chi connectivity index (χ2n) is 5.62. The summed E-state index contributed by atoms with van der Waals surface area (Å²) in [5.41, 5.74) is -0.193. The Morgan fingerprint density at radius 1 is 1.56 bits per heavy atom. The van der Waals surface area contributed by atoms with Gasteiger partial charge in [-0.2, -0.15) is 4.37 Å². The molecule has 1 saturated heterocycles. The van der Waals surface area contributed by atoms with Crippen LogP contribution in [-0.2, 0) is 4.74 Å². The molecule has 0 saturated carbocycles. The summed E-state index contributed by atoms with van der Waals surface area (Å²) in [5, 5.41) is 0.977. The molecule has 0 N–H and O–H groups in total. The van der Waals surface area contributed by atoms with Crippen molar-refractivity contribution < 1.29 is 4.74 Å². The number of anilines is 1. The van der Waals surface area contributed by atoms with Crippen LogP contribution >= 0.6 is 23.1 Å². The Labute approximate surface area is 117 Å². The van der Waals surface area contributed by atoms with E-state index in [0.717, 1.165) is 24.0 Å². The smallest absolute Gasteiger partial charge is 0.205 e. The number of hydrogen-bond donors (Lipinski definition) is 0. The van der Waals surface area contributed by atoms with Gasteiger partial charge in [-0.25, -0.2) is 4.98 Å². The highest BCUT2D eigenvalue weighted by molar-refractivity contribution is 7.09. The summed E-state index contributed by atoms with van der Waals surface area (Å²) in [5.74, 6) is 1.80. The average molecular weight is 290 g/mol. The zero-order valence-corrected chi connectivity index (χ0v) is 12.9. The first-order valence-corrected chi connectivity index (χ1v) is 7.54. The lowest BCUT2D eigenvalue weighted by Gasteiger charge is -2.42. The van der Waals surface area contributed by atoms with Gasteiger partial charge < -0.3 is 9.64 Å². The highest BCUT2D eigenvalue weighted by Gasteiger charge is 2.34. The van der Waals surface area contributed by atoms with Gasteiger partial charge in [-0.15, -0.1) is 11.6 Å². The van der Waals surface area contributed by atoms with Crippen molar-refractivity contribution in [3.8, 4) is 0 Å². The molecule has 18 heavy (non-hydrogen) atoms. The van der Waals surface area contributed by atoms with E-state index in [0.29, 0.717) is 11.8 Å². The highest BCUT2D eigenvalue weighted by atomic mass is 35.5. The van der Waals surface area contributed by atoms with Crippen LogP contribution in [0.2, 0.25) is 0 Å². The van der Waals surface area contributed by atoms with Crippen LogP contribution in [0.15, 0.2) is 0 Å². The summed E-state index contributed by atoms with van der Waals surface area (Å²) in [7, 11) is 0. The zero-order chi connectivity index (χ0) is 13.3. The molecule has 1 aliphatic heterocycles. The molecule has 0 aliphatic carbocycles. The van der Waals surface area contributed by atoms with E-state index in [9.17, 15) is 0 Å². The molecule has 2 rings (SSSR count). The topological polar surface area (TPSA) is 38.2 Å². The van der Waals surface area contributed by atoms with Gasteiger partial charge in [0.2, 0.25) is 5.13 Å². The third-order valence-electron chi connectivity index (χ3n) is 2.87. The predicted octanol–water partition coefficient (Wildman–Crippen LogP) is 2.88. The van der Waals surface area contributed by atoms with E-state index < -0.39 is 0 Å². The van der Waals surface area contributed by atoms with Gasteiger partial charge in [-0.3, -0.25) is 0 Å². The van der Waals surface area contributed by atoms with E-state index in [4.69, 9.17) is 16.3 Å². The fourth-order valence-corrected chi connectivity index (χ4v) is 3.09. The number of rotatable bonds is 3. The molecule has 0 aromatic carbocycles. The van der Waals surface area contributed by atoms with Crippen LogP contribution in [0.25, 0.3) is 0 Å². The summed E-state index contributed by atoms with van der Waals surface area (Å²) >= 11 is 7.40. The van der Waals surface area contributed by atoms with Crippen molar-refractivity contribution in [2.45, 2.75) is 45.3 Å². The Balaban J connectivity index is 2.15. The van der Waals surface area contributed by atoms with Crippen molar-refractivity contribution in [1.29, 1.82) is 0 Å². The predicted molar refractivity (Wildman–Crippen MR) is 75.9 cm³/mol. The van der Waals surface area contributed by atoms with Gasteiger partial charge in [0.25, 0.3) is 0 Å². The fourth-order valence-electron chi connectivity index (χ4n) is 2.11. The number of morpholine rings is 1. The van der Waals surface area contributed by atoms with Crippen molar-refractivity contribution in [2.24, 2.45) is 0 Å². The Hall–Kier alpha value is -0.390. The number of nitrogens with zero attached hydrogens (tertiary/aromatic N) is 3. The summed E-state index contributed by atoms with van der Waals surface area (Å²) in [6, 6.07) is 0. The van der Waals surface area contributed by atoms with Crippen molar-refractivity contribution >= 4 is 28.3 Å². The van der Waals surface area contributed by atoms with Gasteiger partial charge in [-0.05, 0) is 13.8 Å². The number of aromatic nitrogens is 2. The molecule has 6 heteroatoms. The van der Waals surface area contributed by atoms with Crippen LogP contribution in [0.3, 0.4) is 0 Å². The molecule has 1 aromatic heterocycles. The Bertz CT molecular complexity index is 408. The maximum Gasteiger partial charge on any atom is 0.205 e. The summed E-state index contributed by atoms with van der Waals surface area (Å²) in [6.07, 6.45) is 0.0572. The van der Waals surface area contributed by atoms with Crippen LogP contribution in [0.1, 0.15) is 39.4 Å². The SMILES string of the molecule is CC(C)c1nsc(N2CC(CCl)OC(C)(C)C2)n1. The van der Waals surface area contributed by atoms with Crippen molar-refractivity contribution in [3.05, 3.63) is 5.82 Å². The highest BCUT2D eigenvalue weighted by Crippen LogP contribution is 2.28. The average Bonchev–Trinajstić information content (AvgIpc) is 2.76. The van der Waals surface area contributed by atoms with E-state index in [1.807, 2.05) is 0 Å². The molecule has 102 valence electrons. The molecule has 0 spiro atoms. The molecule has 1 atom stereocenters. The molecule has 0 radical (unpaired) electrons. The number of hydrogen-bond acceptors (Lipinski definition) is 5. The van der Waals surface area contributed by atoms with Crippen LogP contribution < -0.4 is 4.90 Å². The molecule has 4 nitrogen and oxygen atoms in total. The molecular formula is C12H20ClN3OS. The molecular weight excluding hydrogens is 270 g/mol. The fraction of sp³-hybridized carbons (Fsp3) is 0.833. The minimum atomic E-state index is -0.193. The van der Waals surface area contributed by atoms with Crippen LogP contribution in [0.5, 0.6) is 0 Å². The largest absolute Gasteiger partial charge is 0.367 e. The second-order valence-corrected chi connectivity index (χ2v) is 6.66. The van der Waals surface area contributed by atoms with E-state index >= 15 is 0 Å². The number of halogens is 1. The van der Waals surface area contributed by atoms with Crippen LogP contribution in [-0.4, -0.2) is 40.0 Å². The number of alkyl halides is 1. The lowest BCUT2D eigenvalue weighted by molar-refractivity contribution is -0.0734. The molecule has 1 aliphatic rings. The molecule has 0 bridgehead atoms. The standard InChI is InChI=1S/C12H20ClN3OS/c1-8(2)10-14-11(18-15-10)16-6-9(5-13)17-12(3,4)7-16/h8-9H,5-7H2,1-4H3. The van der Waals surface area contributed by atoms with Crippen LogP contribution in [0, 0.1) is 0 Å². The lowest BCUT2D eigenvalue weighted by Crippen LogP contribution is -2.53. The van der Waals surface area contributed by atoms with Crippen LogP contribution in [0.4, 0.5) is 5.13 Å². The summed E-state index contributed by atoms with van der Waals surface area (Å²) in [4.78, 5) is 6.84. The first kappa shape index (κ1) is 14.0. The maximum atomic E-state index is 5.93. The molecule has 1 aromatic rings. The summed E-state index contributed by atoms with van der Waals surface area (Å²) in [6.45, 7) is 10.0. The maximum absolute atomic E-state index is 5.93. The molecule has 0 amide bonds. The van der Waals surface area contributed by atoms with Gasteiger partial charge in [0.1, 0.15) is 5.82 Å². The third kappa shape index (κ3) is 3.13. The number of ether oxygens (including phenoxy) is 1. The Morgan fingerprint density at radius 2 is 2.28 bits per heavy atom. The van der Waals surface area contributed by atoms with E-state index in [1.165, 1.54) is 11.5 Å². The van der Waals surface area contributed by atoms with Gasteiger partial charge >= 0.3 is 0 Å². The monoisotopic (exact) mass is 289 g/mol. The van der Waals surface area contributed by atoms with Gasteiger partial charge in [0.15, 0.2) is 0 Å². The van der Waals surface area contributed by atoms with Crippen molar-refractivity contribution in [2.75, 3.05) is 23.9 Å². The van der Waals surface area contributed by atoms with E-state index in [2.05, 4.69) is 42.0 Å². The van der Waals surface area contributed by atoms with Gasteiger partial charge in [-0.1, -0.05) is 13.8 Å². The summed E-state index contributed by atoms with van der Waals surface area (Å²) < 4.78 is 10.3. The zero-order valence-electron chi connectivity index (χ0n) is 11.3. The van der Waals surface area contributed by atoms with Crippen molar-refractivity contribution in [3.63, 3.8) is 0 Å². The molecule has 1 fully saturated rings. The molecule has 2 heterocycles. The minimum absolute atomic E-state index is 0.0572. The van der Waals surface area contributed by atoms with E-state index in [-0.39, 0.29) is 11.7 Å². The normalized spacial score (nSPS) is 23.7. The third-order valence-corrected chi connectivity index (χ3v) is 4.01. The first-order valence-electron chi connectivity index (χ1n) is 6.23. The van der Waals surface area contributed by atoms with Gasteiger partial charge in [0.05, 0.1) is 17.6 Å². The lowest BCUT2D eigenvalue weighted by atomic mass is 10.1. The molecule has 1 unspecified atom stereocenters. The Morgan fingerprint density at radius 3 is 2.83 bits per heavy atom. The Kier molecular flexibility index (Phi) is 4.14. The van der Waals surface area contributed by atoms with E-state index in [1.54, 1.807) is 0 Å². The van der Waals surface area contributed by atoms with Gasteiger partial charge in [0, 0.05) is 30.5 Å². The second kappa shape index (κ2) is 5.31. The van der Waals surface area contributed by atoms with Crippen molar-refractivity contribution in [1.82, 2.24) is 9.36 Å². The quantitative estimate of drug-likeness (QED) is 0.802. The first-order chi connectivity index (χ1) is 8.41. The minimum Gasteiger partial charge on any atom is -0.367 e.